The summed E-state index contributed by atoms with van der Waals surface area (Å²) >= 11 is 0. The Hall–Kier alpha value is -0.970. The van der Waals surface area contributed by atoms with E-state index in [0.29, 0.717) is 25.8 Å². The van der Waals surface area contributed by atoms with E-state index >= 15 is 0 Å². The number of likely N-dealkylation sites (N-methyl/N-ethyl adjacent to an activating group) is 1. The highest BCUT2D eigenvalue weighted by molar-refractivity contribution is 5.08. The molecule has 0 saturated heterocycles. The van der Waals surface area contributed by atoms with Crippen molar-refractivity contribution in [3.63, 3.8) is 0 Å². The summed E-state index contributed by atoms with van der Waals surface area (Å²) in [6, 6.07) is 1.69. The summed E-state index contributed by atoms with van der Waals surface area (Å²) in [6.07, 6.45) is 2.20. The van der Waals surface area contributed by atoms with E-state index in [4.69, 9.17) is 4.42 Å². The number of nitrogens with one attached hydrogen (secondary N) is 1. The van der Waals surface area contributed by atoms with E-state index in [2.05, 4.69) is 5.32 Å². The van der Waals surface area contributed by atoms with Crippen molar-refractivity contribution in [2.75, 3.05) is 6.54 Å². The zero-order valence-electron chi connectivity index (χ0n) is 11.7. The first kappa shape index (κ1) is 15.4. The molecule has 114 valence electrons. The van der Waals surface area contributed by atoms with Crippen molar-refractivity contribution in [2.45, 2.75) is 51.2 Å². The third kappa shape index (κ3) is 3.78. The molecule has 1 saturated carbocycles. The van der Waals surface area contributed by atoms with Crippen molar-refractivity contribution < 1.29 is 17.6 Å². The molecular weight excluding hydrogens is 267 g/mol. The van der Waals surface area contributed by atoms with E-state index in [-0.39, 0.29) is 18.4 Å². The quantitative estimate of drug-likeness (QED) is 0.880. The Morgan fingerprint density at radius 1 is 1.35 bits per heavy atom. The fourth-order valence-electron chi connectivity index (χ4n) is 3.35. The van der Waals surface area contributed by atoms with Gasteiger partial charge in [-0.2, -0.15) is 13.2 Å². The first-order valence-electron chi connectivity index (χ1n) is 7.33. The zero-order valence-corrected chi connectivity index (χ0v) is 11.7. The molecule has 3 unspecified atom stereocenters. The van der Waals surface area contributed by atoms with Crippen LogP contribution in [0.1, 0.15) is 38.2 Å². The fourth-order valence-corrected chi connectivity index (χ4v) is 3.35. The molecule has 1 aromatic heterocycles. The van der Waals surface area contributed by atoms with Crippen LogP contribution in [0.4, 0.5) is 13.2 Å². The van der Waals surface area contributed by atoms with Gasteiger partial charge in [-0.1, -0.05) is 19.8 Å². The molecule has 1 aliphatic carbocycles. The predicted molar refractivity (Wildman–Crippen MR) is 71.4 cm³/mol. The second-order valence-corrected chi connectivity index (χ2v) is 5.60. The SMILES string of the molecule is CCNC(Cc1ccoc1)C1CCCCC1C(F)(F)F. The average molecular weight is 289 g/mol. The lowest BCUT2D eigenvalue weighted by Crippen LogP contribution is -2.46. The molecule has 1 N–H and O–H groups in total. The second kappa shape index (κ2) is 6.66. The van der Waals surface area contributed by atoms with Crippen LogP contribution >= 0.6 is 0 Å². The summed E-state index contributed by atoms with van der Waals surface area (Å²) < 4.78 is 44.7. The van der Waals surface area contributed by atoms with Crippen LogP contribution in [0.15, 0.2) is 23.0 Å². The largest absolute Gasteiger partial charge is 0.472 e. The molecule has 0 aliphatic heterocycles. The van der Waals surface area contributed by atoms with E-state index < -0.39 is 12.1 Å². The normalized spacial score (nSPS) is 25.6. The monoisotopic (exact) mass is 289 g/mol. The number of hydrogen-bond acceptors (Lipinski definition) is 2. The molecular formula is C15H22F3NO. The third-order valence-electron chi connectivity index (χ3n) is 4.26. The maximum absolute atomic E-state index is 13.2. The summed E-state index contributed by atoms with van der Waals surface area (Å²) in [5.74, 6) is -1.51. The molecule has 0 spiro atoms. The van der Waals surface area contributed by atoms with Gasteiger partial charge in [-0.25, -0.2) is 0 Å². The van der Waals surface area contributed by atoms with Crippen molar-refractivity contribution in [3.05, 3.63) is 24.2 Å². The minimum Gasteiger partial charge on any atom is -0.472 e. The lowest BCUT2D eigenvalue weighted by molar-refractivity contribution is -0.199. The summed E-state index contributed by atoms with van der Waals surface area (Å²) in [4.78, 5) is 0. The Morgan fingerprint density at radius 2 is 2.10 bits per heavy atom. The summed E-state index contributed by atoms with van der Waals surface area (Å²) in [6.45, 7) is 2.62. The summed E-state index contributed by atoms with van der Waals surface area (Å²) in [5, 5.41) is 3.25. The Kier molecular flexibility index (Phi) is 5.13. The fraction of sp³-hybridized carbons (Fsp3) is 0.733. The van der Waals surface area contributed by atoms with Crippen LogP contribution < -0.4 is 5.32 Å². The number of halogens is 3. The highest BCUT2D eigenvalue weighted by Crippen LogP contribution is 2.43. The molecule has 2 nitrogen and oxygen atoms in total. The highest BCUT2D eigenvalue weighted by Gasteiger charge is 2.47. The minimum atomic E-state index is -4.09. The molecule has 3 atom stereocenters. The van der Waals surface area contributed by atoms with Gasteiger partial charge in [0, 0.05) is 6.04 Å². The molecule has 0 radical (unpaired) electrons. The van der Waals surface area contributed by atoms with Crippen LogP contribution in [0.2, 0.25) is 0 Å². The third-order valence-corrected chi connectivity index (χ3v) is 4.26. The number of rotatable bonds is 5. The van der Waals surface area contributed by atoms with Gasteiger partial charge in [0.25, 0.3) is 0 Å². The van der Waals surface area contributed by atoms with Crippen molar-refractivity contribution in [1.82, 2.24) is 5.32 Å². The van der Waals surface area contributed by atoms with Gasteiger partial charge < -0.3 is 9.73 Å². The molecule has 1 heterocycles. The standard InChI is InChI=1S/C15H22F3NO/c1-2-19-14(9-11-7-8-20-10-11)12-5-3-4-6-13(12)15(16,17)18/h7-8,10,12-14,19H,2-6,9H2,1H3. The van der Waals surface area contributed by atoms with Crippen LogP contribution in [-0.4, -0.2) is 18.8 Å². The Bertz CT molecular complexity index is 388. The Morgan fingerprint density at radius 3 is 2.70 bits per heavy atom. The summed E-state index contributed by atoms with van der Waals surface area (Å²) in [5.41, 5.74) is 0.961. The van der Waals surface area contributed by atoms with Gasteiger partial charge in [-0.05, 0) is 43.4 Å². The van der Waals surface area contributed by atoms with E-state index in [0.717, 1.165) is 12.0 Å². The van der Waals surface area contributed by atoms with E-state index in [1.165, 1.54) is 0 Å². The summed E-state index contributed by atoms with van der Waals surface area (Å²) in [7, 11) is 0. The van der Waals surface area contributed by atoms with Crippen LogP contribution in [0.3, 0.4) is 0 Å². The van der Waals surface area contributed by atoms with E-state index in [1.54, 1.807) is 12.5 Å². The van der Waals surface area contributed by atoms with Gasteiger partial charge in [0.2, 0.25) is 0 Å². The van der Waals surface area contributed by atoms with Gasteiger partial charge in [0.1, 0.15) is 0 Å². The smallest absolute Gasteiger partial charge is 0.392 e. The average Bonchev–Trinajstić information content (AvgIpc) is 2.90. The molecule has 1 aromatic rings. The lowest BCUT2D eigenvalue weighted by Gasteiger charge is -2.38. The van der Waals surface area contributed by atoms with Gasteiger partial charge in [-0.3, -0.25) is 0 Å². The van der Waals surface area contributed by atoms with Gasteiger partial charge in [0.05, 0.1) is 18.4 Å². The molecule has 1 aliphatic rings. The zero-order chi connectivity index (χ0) is 14.6. The number of furan rings is 1. The number of hydrogen-bond donors (Lipinski definition) is 1. The Balaban J connectivity index is 2.12. The van der Waals surface area contributed by atoms with Crippen LogP contribution in [0.25, 0.3) is 0 Å². The topological polar surface area (TPSA) is 25.2 Å². The first-order chi connectivity index (χ1) is 9.52. The Labute approximate surface area is 117 Å². The van der Waals surface area contributed by atoms with E-state index in [9.17, 15) is 13.2 Å². The second-order valence-electron chi connectivity index (χ2n) is 5.60. The molecule has 2 rings (SSSR count). The van der Waals surface area contributed by atoms with Crippen molar-refractivity contribution >= 4 is 0 Å². The minimum absolute atomic E-state index is 0.135. The molecule has 1 fully saturated rings. The van der Waals surface area contributed by atoms with Crippen molar-refractivity contribution in [2.24, 2.45) is 11.8 Å². The van der Waals surface area contributed by atoms with E-state index in [1.807, 2.05) is 13.0 Å². The van der Waals surface area contributed by atoms with Gasteiger partial charge in [-0.15, -0.1) is 0 Å². The molecule has 0 bridgehead atoms. The van der Waals surface area contributed by atoms with Gasteiger partial charge in [0.15, 0.2) is 0 Å². The molecule has 0 amide bonds. The maximum atomic E-state index is 13.2. The lowest BCUT2D eigenvalue weighted by atomic mass is 9.73. The van der Waals surface area contributed by atoms with Gasteiger partial charge >= 0.3 is 6.18 Å². The van der Waals surface area contributed by atoms with Crippen LogP contribution in [0, 0.1) is 11.8 Å². The highest BCUT2D eigenvalue weighted by atomic mass is 19.4. The van der Waals surface area contributed by atoms with Crippen molar-refractivity contribution in [1.29, 1.82) is 0 Å². The maximum Gasteiger partial charge on any atom is 0.392 e. The molecule has 5 heteroatoms. The van der Waals surface area contributed by atoms with Crippen molar-refractivity contribution in [3.8, 4) is 0 Å². The van der Waals surface area contributed by atoms with Crippen LogP contribution in [0.5, 0.6) is 0 Å². The number of alkyl halides is 3. The first-order valence-corrected chi connectivity index (χ1v) is 7.33. The predicted octanol–water partition coefficient (Wildman–Crippen LogP) is 4.17. The molecule has 20 heavy (non-hydrogen) atoms. The van der Waals surface area contributed by atoms with Crippen LogP contribution in [-0.2, 0) is 6.42 Å². The molecule has 0 aromatic carbocycles.